The number of anilines is 1. The molecule has 0 spiro atoms. The smallest absolute Gasteiger partial charge is 0.267 e. The second-order valence-corrected chi connectivity index (χ2v) is 6.30. The van der Waals surface area contributed by atoms with E-state index < -0.39 is 0 Å². The molecule has 0 bridgehead atoms. The van der Waals surface area contributed by atoms with Gasteiger partial charge in [-0.05, 0) is 19.1 Å². The molecule has 0 unspecified atom stereocenters. The number of morpholine rings is 1. The van der Waals surface area contributed by atoms with Gasteiger partial charge in [-0.1, -0.05) is 18.2 Å². The van der Waals surface area contributed by atoms with Crippen molar-refractivity contribution in [2.24, 2.45) is 5.10 Å². The summed E-state index contributed by atoms with van der Waals surface area (Å²) in [4.78, 5) is 26.8. The summed E-state index contributed by atoms with van der Waals surface area (Å²) in [6.07, 6.45) is 0.667. The molecule has 0 aliphatic carbocycles. The molecule has 25 heavy (non-hydrogen) atoms. The molecule has 0 saturated carbocycles. The Kier molecular flexibility index (Phi) is 5.78. The molecular weight excluding hydrogens is 320 g/mol. The Labute approximate surface area is 147 Å². The summed E-state index contributed by atoms with van der Waals surface area (Å²) >= 11 is 0. The average Bonchev–Trinajstić information content (AvgIpc) is 2.67. The van der Waals surface area contributed by atoms with Crippen LogP contribution in [0.4, 0.5) is 5.69 Å². The first kappa shape index (κ1) is 17.6. The first-order valence-corrected chi connectivity index (χ1v) is 8.70. The van der Waals surface area contributed by atoms with Gasteiger partial charge in [0.15, 0.2) is 0 Å². The minimum absolute atomic E-state index is 0.0931. The maximum absolute atomic E-state index is 12.4. The number of nitrogens with one attached hydrogen (secondary N) is 1. The number of hydrazone groups is 1. The lowest BCUT2D eigenvalue weighted by Crippen LogP contribution is -2.48. The minimum atomic E-state index is -0.200. The molecule has 1 saturated heterocycles. The summed E-state index contributed by atoms with van der Waals surface area (Å²) < 4.78 is 5.35. The standard InChI is InChI=1S/C18H24N4O3/c1-14(21-9-11-25-12-10-21)13-19-18(24)16-7-8-17(23)22(20-16)15-5-3-2-4-6-15/h2-6,14H,7-13H2,1H3,(H,19,24)/t14-/m0/s1. The van der Waals surface area contributed by atoms with E-state index in [2.05, 4.69) is 22.2 Å². The number of ether oxygens (including phenoxy) is 1. The van der Waals surface area contributed by atoms with E-state index in [1.54, 1.807) is 0 Å². The quantitative estimate of drug-likeness (QED) is 0.865. The first-order chi connectivity index (χ1) is 12.1. The van der Waals surface area contributed by atoms with Gasteiger partial charge >= 0.3 is 0 Å². The van der Waals surface area contributed by atoms with Crippen molar-refractivity contribution in [3.63, 3.8) is 0 Å². The molecule has 7 nitrogen and oxygen atoms in total. The Morgan fingerprint density at radius 3 is 2.68 bits per heavy atom. The van der Waals surface area contributed by atoms with E-state index >= 15 is 0 Å². The minimum Gasteiger partial charge on any atom is -0.379 e. The maximum Gasteiger partial charge on any atom is 0.267 e. The van der Waals surface area contributed by atoms with E-state index in [1.807, 2.05) is 30.3 Å². The molecule has 0 aromatic heterocycles. The van der Waals surface area contributed by atoms with E-state index in [9.17, 15) is 9.59 Å². The zero-order chi connectivity index (χ0) is 17.6. The van der Waals surface area contributed by atoms with Gasteiger partial charge in [-0.15, -0.1) is 0 Å². The molecular formula is C18H24N4O3. The van der Waals surface area contributed by atoms with Crippen LogP contribution in [0.3, 0.4) is 0 Å². The third kappa shape index (κ3) is 4.43. The lowest BCUT2D eigenvalue weighted by molar-refractivity contribution is -0.119. The molecule has 3 rings (SSSR count). The molecule has 2 heterocycles. The number of hydrogen-bond donors (Lipinski definition) is 1. The first-order valence-electron chi connectivity index (χ1n) is 8.70. The number of hydrogen-bond acceptors (Lipinski definition) is 5. The van der Waals surface area contributed by atoms with Gasteiger partial charge in [0.2, 0.25) is 5.91 Å². The fraction of sp³-hybridized carbons (Fsp3) is 0.500. The summed E-state index contributed by atoms with van der Waals surface area (Å²) in [5.74, 6) is -0.294. The van der Waals surface area contributed by atoms with Gasteiger partial charge in [-0.3, -0.25) is 14.5 Å². The Bertz CT molecular complexity index is 641. The predicted octanol–water partition coefficient (Wildman–Crippen LogP) is 1.01. The molecule has 1 N–H and O–H groups in total. The number of amides is 2. The van der Waals surface area contributed by atoms with Gasteiger partial charge in [0.25, 0.3) is 5.91 Å². The van der Waals surface area contributed by atoms with Crippen LogP contribution in [0.2, 0.25) is 0 Å². The fourth-order valence-corrected chi connectivity index (χ4v) is 2.98. The topological polar surface area (TPSA) is 74.2 Å². The second-order valence-electron chi connectivity index (χ2n) is 6.30. The van der Waals surface area contributed by atoms with Crippen molar-refractivity contribution >= 4 is 23.2 Å². The second kappa shape index (κ2) is 8.22. The fourth-order valence-electron chi connectivity index (χ4n) is 2.98. The van der Waals surface area contributed by atoms with Gasteiger partial charge in [0.05, 0.1) is 18.9 Å². The van der Waals surface area contributed by atoms with Crippen molar-refractivity contribution in [1.82, 2.24) is 10.2 Å². The molecule has 1 fully saturated rings. The number of rotatable bonds is 5. The SMILES string of the molecule is C[C@@H](CNC(=O)C1=NN(c2ccccc2)C(=O)CC1)N1CCOCC1. The number of carbonyl (C=O) groups excluding carboxylic acids is 2. The van der Waals surface area contributed by atoms with Crippen LogP contribution in [0, 0.1) is 0 Å². The van der Waals surface area contributed by atoms with Crippen LogP contribution in [0.1, 0.15) is 19.8 Å². The van der Waals surface area contributed by atoms with Gasteiger partial charge in [-0.2, -0.15) is 5.10 Å². The monoisotopic (exact) mass is 344 g/mol. The van der Waals surface area contributed by atoms with Crippen LogP contribution in [0.15, 0.2) is 35.4 Å². The predicted molar refractivity (Wildman–Crippen MR) is 95.5 cm³/mol. The Balaban J connectivity index is 1.60. The molecule has 7 heteroatoms. The van der Waals surface area contributed by atoms with Gasteiger partial charge in [-0.25, -0.2) is 5.01 Å². The Morgan fingerprint density at radius 1 is 1.24 bits per heavy atom. The van der Waals surface area contributed by atoms with E-state index in [0.29, 0.717) is 30.8 Å². The summed E-state index contributed by atoms with van der Waals surface area (Å²) in [7, 11) is 0. The highest BCUT2D eigenvalue weighted by Crippen LogP contribution is 2.19. The lowest BCUT2D eigenvalue weighted by Gasteiger charge is -2.32. The van der Waals surface area contributed by atoms with E-state index in [0.717, 1.165) is 26.3 Å². The van der Waals surface area contributed by atoms with Crippen LogP contribution < -0.4 is 10.3 Å². The highest BCUT2D eigenvalue weighted by molar-refractivity contribution is 6.40. The van der Waals surface area contributed by atoms with Gasteiger partial charge < -0.3 is 10.1 Å². The molecule has 1 aromatic carbocycles. The van der Waals surface area contributed by atoms with Crippen LogP contribution in [-0.4, -0.2) is 61.3 Å². The number of para-hydroxylation sites is 1. The summed E-state index contributed by atoms with van der Waals surface area (Å²) in [5, 5.41) is 8.55. The highest BCUT2D eigenvalue weighted by Gasteiger charge is 2.26. The van der Waals surface area contributed by atoms with Crippen molar-refractivity contribution in [2.75, 3.05) is 37.9 Å². The van der Waals surface area contributed by atoms with Crippen molar-refractivity contribution in [1.29, 1.82) is 0 Å². The van der Waals surface area contributed by atoms with E-state index in [4.69, 9.17) is 4.74 Å². The third-order valence-electron chi connectivity index (χ3n) is 4.52. The van der Waals surface area contributed by atoms with Crippen LogP contribution in [0.5, 0.6) is 0 Å². The molecule has 2 aliphatic rings. The number of carbonyl (C=O) groups is 2. The van der Waals surface area contributed by atoms with Crippen LogP contribution in [0.25, 0.3) is 0 Å². The highest BCUT2D eigenvalue weighted by atomic mass is 16.5. The van der Waals surface area contributed by atoms with E-state index in [1.165, 1.54) is 5.01 Å². The maximum atomic E-state index is 12.4. The molecule has 1 aromatic rings. The third-order valence-corrected chi connectivity index (χ3v) is 4.52. The van der Waals surface area contributed by atoms with Gasteiger partial charge in [0.1, 0.15) is 5.71 Å². The molecule has 1 atom stereocenters. The zero-order valence-corrected chi connectivity index (χ0v) is 14.5. The average molecular weight is 344 g/mol. The van der Waals surface area contributed by atoms with Gasteiger partial charge in [0, 0.05) is 38.5 Å². The Morgan fingerprint density at radius 2 is 1.96 bits per heavy atom. The Hall–Kier alpha value is -2.25. The summed E-state index contributed by atoms with van der Waals surface area (Å²) in [6.45, 7) is 5.88. The molecule has 0 radical (unpaired) electrons. The zero-order valence-electron chi connectivity index (χ0n) is 14.5. The van der Waals surface area contributed by atoms with E-state index in [-0.39, 0.29) is 17.9 Å². The summed E-state index contributed by atoms with van der Waals surface area (Å²) in [5.41, 5.74) is 1.08. The summed E-state index contributed by atoms with van der Waals surface area (Å²) in [6, 6.07) is 9.42. The normalized spacial score (nSPS) is 20.1. The van der Waals surface area contributed by atoms with Crippen molar-refractivity contribution < 1.29 is 14.3 Å². The molecule has 2 aliphatic heterocycles. The lowest BCUT2D eigenvalue weighted by atomic mass is 10.1. The largest absolute Gasteiger partial charge is 0.379 e. The van der Waals surface area contributed by atoms with Crippen LogP contribution in [-0.2, 0) is 14.3 Å². The van der Waals surface area contributed by atoms with Crippen molar-refractivity contribution in [3.8, 4) is 0 Å². The van der Waals surface area contributed by atoms with Crippen molar-refractivity contribution in [2.45, 2.75) is 25.8 Å². The van der Waals surface area contributed by atoms with Crippen molar-refractivity contribution in [3.05, 3.63) is 30.3 Å². The molecule has 2 amide bonds. The molecule has 134 valence electrons. The number of nitrogens with zero attached hydrogens (tertiary/aromatic N) is 3. The van der Waals surface area contributed by atoms with Crippen LogP contribution >= 0.6 is 0 Å². The number of benzene rings is 1.